The van der Waals surface area contributed by atoms with Crippen molar-refractivity contribution < 1.29 is 18.6 Å². The first kappa shape index (κ1) is 22.0. The molecule has 0 saturated carbocycles. The molecule has 6 heteroatoms. The molecule has 1 aliphatic heterocycles. The fourth-order valence-electron chi connectivity index (χ4n) is 4.52. The van der Waals surface area contributed by atoms with Gasteiger partial charge >= 0.3 is 0 Å². The molecule has 174 valence electrons. The largest absolute Gasteiger partial charge is 0.493 e. The molecule has 5 rings (SSSR count). The van der Waals surface area contributed by atoms with Gasteiger partial charge in [0.15, 0.2) is 11.5 Å². The van der Waals surface area contributed by atoms with E-state index >= 15 is 0 Å². The molecule has 1 aliphatic rings. The third kappa shape index (κ3) is 4.01. The number of ether oxygens (including phenoxy) is 3. The Morgan fingerprint density at radius 3 is 2.53 bits per heavy atom. The van der Waals surface area contributed by atoms with E-state index in [0.717, 1.165) is 41.2 Å². The average Bonchev–Trinajstić information content (AvgIpc) is 2.87. The highest BCUT2D eigenvalue weighted by atomic mass is 16.5. The van der Waals surface area contributed by atoms with E-state index in [2.05, 4.69) is 4.90 Å². The minimum absolute atomic E-state index is 0.0183. The summed E-state index contributed by atoms with van der Waals surface area (Å²) in [7, 11) is 3.27. The molecule has 3 aromatic carbocycles. The van der Waals surface area contributed by atoms with Crippen LogP contribution in [0.2, 0.25) is 0 Å². The van der Waals surface area contributed by atoms with Crippen LogP contribution < -0.4 is 19.6 Å². The van der Waals surface area contributed by atoms with Crippen LogP contribution in [0.15, 0.2) is 69.9 Å². The van der Waals surface area contributed by atoms with Gasteiger partial charge in [-0.15, -0.1) is 0 Å². The molecule has 0 aliphatic carbocycles. The number of rotatable bonds is 6. The van der Waals surface area contributed by atoms with Crippen molar-refractivity contribution in [2.75, 3.05) is 27.5 Å². The Morgan fingerprint density at radius 2 is 1.76 bits per heavy atom. The molecule has 4 aromatic rings. The predicted molar refractivity (Wildman–Crippen MR) is 132 cm³/mol. The quantitative estimate of drug-likeness (QED) is 0.398. The van der Waals surface area contributed by atoms with Gasteiger partial charge in [-0.2, -0.15) is 0 Å². The molecular weight excluding hydrogens is 430 g/mol. The molecular formula is C28H27NO5. The standard InChI is InChI=1S/C28H27NO5/c1-18-26(20-7-5-4-6-8-20)27(30)21-10-12-23-22(28(21)34-18)16-29(17-33-23)14-13-19-9-11-24(31-2)25(15-19)32-3/h4-12,15H,13-14,16-17H2,1-3H3. The molecule has 0 saturated heterocycles. The maximum Gasteiger partial charge on any atom is 0.200 e. The van der Waals surface area contributed by atoms with Gasteiger partial charge in [0.2, 0.25) is 5.43 Å². The Morgan fingerprint density at radius 1 is 0.971 bits per heavy atom. The lowest BCUT2D eigenvalue weighted by atomic mass is 10.0. The molecule has 6 nitrogen and oxygen atoms in total. The van der Waals surface area contributed by atoms with Crippen molar-refractivity contribution in [3.63, 3.8) is 0 Å². The molecule has 0 N–H and O–H groups in total. The molecule has 2 heterocycles. The molecule has 34 heavy (non-hydrogen) atoms. The number of benzene rings is 3. The van der Waals surface area contributed by atoms with E-state index in [1.165, 1.54) is 0 Å². The summed E-state index contributed by atoms with van der Waals surface area (Å²) in [5.41, 5.74) is 4.12. The number of methoxy groups -OCH3 is 2. The first-order valence-corrected chi connectivity index (χ1v) is 11.3. The molecule has 0 spiro atoms. The fourth-order valence-corrected chi connectivity index (χ4v) is 4.52. The second-order valence-corrected chi connectivity index (χ2v) is 8.41. The first-order chi connectivity index (χ1) is 16.6. The van der Waals surface area contributed by atoms with Gasteiger partial charge < -0.3 is 18.6 Å². The summed E-state index contributed by atoms with van der Waals surface area (Å²) in [4.78, 5) is 15.6. The van der Waals surface area contributed by atoms with Gasteiger partial charge in [-0.1, -0.05) is 36.4 Å². The Balaban J connectivity index is 1.43. The molecule has 0 bridgehead atoms. The van der Waals surface area contributed by atoms with Crippen LogP contribution in [0.1, 0.15) is 16.9 Å². The lowest BCUT2D eigenvalue weighted by Gasteiger charge is -2.29. The van der Waals surface area contributed by atoms with Crippen molar-refractivity contribution in [1.82, 2.24) is 4.90 Å². The summed E-state index contributed by atoms with van der Waals surface area (Å²) in [6, 6.07) is 19.3. The number of hydrogen-bond donors (Lipinski definition) is 0. The van der Waals surface area contributed by atoms with Gasteiger partial charge in [0.1, 0.15) is 23.8 Å². The average molecular weight is 458 g/mol. The van der Waals surface area contributed by atoms with Crippen molar-refractivity contribution in [3.05, 3.63) is 87.8 Å². The minimum Gasteiger partial charge on any atom is -0.493 e. The number of aryl methyl sites for hydroxylation is 1. The highest BCUT2D eigenvalue weighted by molar-refractivity contribution is 5.86. The van der Waals surface area contributed by atoms with Crippen molar-refractivity contribution in [2.24, 2.45) is 0 Å². The zero-order chi connectivity index (χ0) is 23.7. The first-order valence-electron chi connectivity index (χ1n) is 11.3. The zero-order valence-electron chi connectivity index (χ0n) is 19.6. The summed E-state index contributed by atoms with van der Waals surface area (Å²) >= 11 is 0. The second-order valence-electron chi connectivity index (χ2n) is 8.41. The molecule has 0 fully saturated rings. The van der Waals surface area contributed by atoms with Gasteiger partial charge in [-0.25, -0.2) is 0 Å². The van der Waals surface area contributed by atoms with Crippen LogP contribution in [0.5, 0.6) is 17.2 Å². The minimum atomic E-state index is -0.0183. The van der Waals surface area contributed by atoms with E-state index < -0.39 is 0 Å². The monoisotopic (exact) mass is 457 g/mol. The van der Waals surface area contributed by atoms with E-state index in [4.69, 9.17) is 18.6 Å². The number of hydrogen-bond acceptors (Lipinski definition) is 6. The van der Waals surface area contributed by atoms with Gasteiger partial charge in [0, 0.05) is 13.1 Å². The van der Waals surface area contributed by atoms with E-state index in [1.54, 1.807) is 14.2 Å². The highest BCUT2D eigenvalue weighted by Crippen LogP contribution is 2.34. The van der Waals surface area contributed by atoms with Crippen LogP contribution in [0.4, 0.5) is 0 Å². The van der Waals surface area contributed by atoms with Crippen molar-refractivity contribution >= 4 is 11.0 Å². The van der Waals surface area contributed by atoms with Crippen molar-refractivity contribution in [1.29, 1.82) is 0 Å². The maximum absolute atomic E-state index is 13.4. The van der Waals surface area contributed by atoms with E-state index in [0.29, 0.717) is 41.3 Å². The van der Waals surface area contributed by atoms with E-state index in [9.17, 15) is 4.79 Å². The van der Waals surface area contributed by atoms with Crippen LogP contribution in [-0.4, -0.2) is 32.4 Å². The van der Waals surface area contributed by atoms with Gasteiger partial charge in [0.05, 0.1) is 30.7 Å². The predicted octanol–water partition coefficient (Wildman–Crippen LogP) is 5.18. The molecule has 0 unspecified atom stereocenters. The summed E-state index contributed by atoms with van der Waals surface area (Å²) in [5, 5.41) is 0.577. The summed E-state index contributed by atoms with van der Waals surface area (Å²) in [6.45, 7) is 3.77. The van der Waals surface area contributed by atoms with Crippen molar-refractivity contribution in [2.45, 2.75) is 19.9 Å². The Labute approximate surface area is 198 Å². The van der Waals surface area contributed by atoms with Gasteiger partial charge in [0.25, 0.3) is 0 Å². The van der Waals surface area contributed by atoms with Crippen LogP contribution in [-0.2, 0) is 13.0 Å². The lowest BCUT2D eigenvalue weighted by molar-refractivity contribution is 0.0968. The van der Waals surface area contributed by atoms with Crippen molar-refractivity contribution in [3.8, 4) is 28.4 Å². The smallest absolute Gasteiger partial charge is 0.200 e. The summed E-state index contributed by atoms with van der Waals surface area (Å²) in [5.74, 6) is 2.82. The van der Waals surface area contributed by atoms with Crippen LogP contribution in [0.25, 0.3) is 22.1 Å². The van der Waals surface area contributed by atoms with Crippen LogP contribution >= 0.6 is 0 Å². The van der Waals surface area contributed by atoms with Gasteiger partial charge in [-0.3, -0.25) is 9.69 Å². The van der Waals surface area contributed by atoms with Crippen LogP contribution in [0.3, 0.4) is 0 Å². The van der Waals surface area contributed by atoms with E-state index in [-0.39, 0.29) is 5.43 Å². The third-order valence-corrected chi connectivity index (χ3v) is 6.31. The van der Waals surface area contributed by atoms with Gasteiger partial charge in [-0.05, 0) is 48.7 Å². The Hall–Kier alpha value is -3.77. The SMILES string of the molecule is COc1ccc(CCN2COc3ccc4c(=O)c(-c5ccccc5)c(C)oc4c3C2)cc1OC. The number of fused-ring (bicyclic) bond motifs is 3. The Bertz CT molecular complexity index is 1390. The molecule has 0 radical (unpaired) electrons. The summed E-state index contributed by atoms with van der Waals surface area (Å²) in [6.07, 6.45) is 0.824. The topological polar surface area (TPSA) is 61.1 Å². The molecule has 1 aromatic heterocycles. The third-order valence-electron chi connectivity index (χ3n) is 6.31. The lowest BCUT2D eigenvalue weighted by Crippen LogP contribution is -2.33. The zero-order valence-corrected chi connectivity index (χ0v) is 19.6. The number of nitrogens with zero attached hydrogens (tertiary/aromatic N) is 1. The highest BCUT2D eigenvalue weighted by Gasteiger charge is 2.24. The fraction of sp³-hybridized carbons (Fsp3) is 0.250. The Kier molecular flexibility index (Phi) is 5.99. The normalized spacial score (nSPS) is 13.4. The summed E-state index contributed by atoms with van der Waals surface area (Å²) < 4.78 is 23.0. The second kappa shape index (κ2) is 9.23. The van der Waals surface area contributed by atoms with Crippen LogP contribution in [0, 0.1) is 6.92 Å². The molecule has 0 amide bonds. The molecule has 0 atom stereocenters. The maximum atomic E-state index is 13.4. The van der Waals surface area contributed by atoms with E-state index in [1.807, 2.05) is 67.6 Å².